The van der Waals surface area contributed by atoms with Crippen LogP contribution in [-0.2, 0) is 9.84 Å². The topological polar surface area (TPSA) is 54.4 Å². The average Bonchev–Trinajstić information content (AvgIpc) is 2.25. The van der Waals surface area contributed by atoms with E-state index in [1.165, 1.54) is 12.1 Å². The Kier molecular flexibility index (Phi) is 4.11. The molecule has 1 atom stereocenters. The van der Waals surface area contributed by atoms with Gasteiger partial charge in [-0.1, -0.05) is 12.1 Å². The molecule has 0 aromatic heterocycles. The summed E-state index contributed by atoms with van der Waals surface area (Å²) in [5, 5.41) is 9.74. The molecule has 0 amide bonds. The van der Waals surface area contributed by atoms with Crippen LogP contribution in [0, 0.1) is 11.8 Å². The molecule has 1 unspecified atom stereocenters. The summed E-state index contributed by atoms with van der Waals surface area (Å²) in [7, 11) is -3.23. The molecule has 0 saturated carbocycles. The minimum absolute atomic E-state index is 0.216. The Bertz CT molecular complexity index is 521. The van der Waals surface area contributed by atoms with Gasteiger partial charge in [0, 0.05) is 12.7 Å². The van der Waals surface area contributed by atoms with Crippen LogP contribution in [0.3, 0.4) is 0 Å². The molecule has 0 aliphatic carbocycles. The molecular formula is C12H14O3S. The molecule has 1 aromatic carbocycles. The largest absolute Gasteiger partial charge is 0.387 e. The molecule has 0 aliphatic heterocycles. The lowest BCUT2D eigenvalue weighted by Gasteiger charge is -2.08. The second-order valence-electron chi connectivity index (χ2n) is 3.49. The fraction of sp³-hybridized carbons (Fsp3) is 0.333. The zero-order chi connectivity index (χ0) is 12.2. The molecule has 1 aromatic rings. The van der Waals surface area contributed by atoms with E-state index in [1.54, 1.807) is 19.1 Å². The quantitative estimate of drug-likeness (QED) is 0.813. The van der Waals surface area contributed by atoms with Gasteiger partial charge in [0.1, 0.15) is 0 Å². The summed E-state index contributed by atoms with van der Waals surface area (Å²) in [4.78, 5) is 0.216. The number of sulfone groups is 1. The number of hydrogen-bond donors (Lipinski definition) is 1. The molecule has 0 fully saturated rings. The van der Waals surface area contributed by atoms with Gasteiger partial charge in [-0.15, -0.1) is 11.8 Å². The molecule has 0 saturated heterocycles. The van der Waals surface area contributed by atoms with Crippen LogP contribution >= 0.6 is 0 Å². The van der Waals surface area contributed by atoms with Crippen molar-refractivity contribution in [2.45, 2.75) is 24.3 Å². The first kappa shape index (κ1) is 12.8. The molecule has 16 heavy (non-hydrogen) atoms. The lowest BCUT2D eigenvalue weighted by molar-refractivity contribution is 0.183. The van der Waals surface area contributed by atoms with E-state index in [0.717, 1.165) is 6.26 Å². The second kappa shape index (κ2) is 5.15. The molecular weight excluding hydrogens is 224 g/mol. The monoisotopic (exact) mass is 238 g/mol. The first-order chi connectivity index (χ1) is 7.45. The van der Waals surface area contributed by atoms with E-state index in [9.17, 15) is 13.5 Å². The van der Waals surface area contributed by atoms with Gasteiger partial charge in [0.2, 0.25) is 0 Å². The zero-order valence-electron chi connectivity index (χ0n) is 9.27. The number of aliphatic hydroxyl groups is 1. The van der Waals surface area contributed by atoms with Gasteiger partial charge in [0.15, 0.2) is 9.84 Å². The minimum Gasteiger partial charge on any atom is -0.387 e. The molecule has 3 nitrogen and oxygen atoms in total. The van der Waals surface area contributed by atoms with Crippen LogP contribution in [0.15, 0.2) is 29.2 Å². The number of aliphatic hydroxyl groups excluding tert-OH is 1. The molecule has 1 N–H and O–H groups in total. The van der Waals surface area contributed by atoms with Gasteiger partial charge in [-0.3, -0.25) is 0 Å². The smallest absolute Gasteiger partial charge is 0.175 e. The third-order valence-corrected chi connectivity index (χ3v) is 3.25. The summed E-state index contributed by atoms with van der Waals surface area (Å²) in [5.74, 6) is 5.44. The number of rotatable bonds is 3. The highest BCUT2D eigenvalue weighted by Crippen LogP contribution is 2.19. The van der Waals surface area contributed by atoms with Crippen LogP contribution in [0.5, 0.6) is 0 Å². The fourth-order valence-corrected chi connectivity index (χ4v) is 1.94. The van der Waals surface area contributed by atoms with E-state index in [2.05, 4.69) is 11.8 Å². The molecule has 0 spiro atoms. The van der Waals surface area contributed by atoms with E-state index < -0.39 is 15.9 Å². The van der Waals surface area contributed by atoms with Crippen LogP contribution in [0.1, 0.15) is 25.0 Å². The van der Waals surface area contributed by atoms with Crippen LogP contribution in [0.4, 0.5) is 0 Å². The Labute approximate surface area is 96.0 Å². The predicted molar refractivity (Wildman–Crippen MR) is 62.6 cm³/mol. The predicted octanol–water partition coefficient (Wildman–Crippen LogP) is 1.54. The van der Waals surface area contributed by atoms with Crippen LogP contribution < -0.4 is 0 Å². The third-order valence-electron chi connectivity index (χ3n) is 2.14. The Morgan fingerprint density at radius 1 is 1.44 bits per heavy atom. The maximum atomic E-state index is 11.3. The average molecular weight is 238 g/mol. The van der Waals surface area contributed by atoms with Gasteiger partial charge in [-0.05, 0) is 24.6 Å². The van der Waals surface area contributed by atoms with Crippen molar-refractivity contribution >= 4 is 9.84 Å². The van der Waals surface area contributed by atoms with Gasteiger partial charge < -0.3 is 5.11 Å². The van der Waals surface area contributed by atoms with E-state index in [1.807, 2.05) is 0 Å². The summed E-state index contributed by atoms with van der Waals surface area (Å²) in [6.07, 6.45) is 0.711. The van der Waals surface area contributed by atoms with Gasteiger partial charge in [-0.25, -0.2) is 8.42 Å². The maximum absolute atomic E-state index is 11.3. The van der Waals surface area contributed by atoms with Gasteiger partial charge in [-0.2, -0.15) is 0 Å². The van der Waals surface area contributed by atoms with Crippen molar-refractivity contribution in [3.63, 3.8) is 0 Å². The van der Waals surface area contributed by atoms with Crippen molar-refractivity contribution in [1.82, 2.24) is 0 Å². The van der Waals surface area contributed by atoms with Crippen LogP contribution in [0.2, 0.25) is 0 Å². The summed E-state index contributed by atoms with van der Waals surface area (Å²) in [6.45, 7) is 1.69. The molecule has 4 heteroatoms. The number of benzene rings is 1. The van der Waals surface area contributed by atoms with Crippen molar-refractivity contribution in [2.75, 3.05) is 6.26 Å². The Morgan fingerprint density at radius 2 is 2.12 bits per heavy atom. The number of hydrogen-bond acceptors (Lipinski definition) is 3. The summed E-state index contributed by atoms with van der Waals surface area (Å²) >= 11 is 0. The van der Waals surface area contributed by atoms with E-state index >= 15 is 0 Å². The van der Waals surface area contributed by atoms with Crippen LogP contribution in [0.25, 0.3) is 0 Å². The molecule has 0 aliphatic rings. The van der Waals surface area contributed by atoms with E-state index in [0.29, 0.717) is 12.0 Å². The van der Waals surface area contributed by atoms with Gasteiger partial charge >= 0.3 is 0 Å². The zero-order valence-corrected chi connectivity index (χ0v) is 10.1. The summed E-state index contributed by atoms with van der Waals surface area (Å²) < 4.78 is 22.6. The normalized spacial score (nSPS) is 12.7. The van der Waals surface area contributed by atoms with Gasteiger partial charge in [0.25, 0.3) is 0 Å². The van der Waals surface area contributed by atoms with E-state index in [-0.39, 0.29) is 4.90 Å². The lowest BCUT2D eigenvalue weighted by atomic mass is 10.1. The van der Waals surface area contributed by atoms with Crippen molar-refractivity contribution in [3.05, 3.63) is 29.8 Å². The first-order valence-corrected chi connectivity index (χ1v) is 6.72. The standard InChI is InChI=1S/C12H14O3S/c1-3-4-8-12(13)10-6-5-7-11(9-10)16(2,14)15/h5-7,9,12-13H,8H2,1-2H3. The molecule has 0 bridgehead atoms. The highest BCUT2D eigenvalue weighted by Gasteiger charge is 2.11. The summed E-state index contributed by atoms with van der Waals surface area (Å²) in [5.41, 5.74) is 0.575. The summed E-state index contributed by atoms with van der Waals surface area (Å²) in [6, 6.07) is 6.30. The van der Waals surface area contributed by atoms with Crippen molar-refractivity contribution < 1.29 is 13.5 Å². The van der Waals surface area contributed by atoms with Crippen LogP contribution in [-0.4, -0.2) is 19.8 Å². The highest BCUT2D eigenvalue weighted by molar-refractivity contribution is 7.90. The highest BCUT2D eigenvalue weighted by atomic mass is 32.2. The molecule has 86 valence electrons. The maximum Gasteiger partial charge on any atom is 0.175 e. The second-order valence-corrected chi connectivity index (χ2v) is 5.51. The first-order valence-electron chi connectivity index (χ1n) is 4.83. The fourth-order valence-electron chi connectivity index (χ4n) is 1.27. The third kappa shape index (κ3) is 3.37. The Balaban J connectivity index is 3.02. The van der Waals surface area contributed by atoms with Crippen molar-refractivity contribution in [1.29, 1.82) is 0 Å². The molecule has 1 rings (SSSR count). The van der Waals surface area contributed by atoms with Crippen molar-refractivity contribution in [2.24, 2.45) is 0 Å². The van der Waals surface area contributed by atoms with E-state index in [4.69, 9.17) is 0 Å². The molecule has 0 radical (unpaired) electrons. The Hall–Kier alpha value is -1.31. The Morgan fingerprint density at radius 3 is 2.69 bits per heavy atom. The van der Waals surface area contributed by atoms with Gasteiger partial charge in [0.05, 0.1) is 11.0 Å². The molecule has 0 heterocycles. The lowest BCUT2D eigenvalue weighted by Crippen LogP contribution is -2.01. The minimum atomic E-state index is -3.23. The SMILES string of the molecule is CC#CCC(O)c1cccc(S(C)(=O)=O)c1. The van der Waals surface area contributed by atoms with Crippen molar-refractivity contribution in [3.8, 4) is 11.8 Å².